The van der Waals surface area contributed by atoms with E-state index in [9.17, 15) is 9.59 Å². The van der Waals surface area contributed by atoms with E-state index in [4.69, 9.17) is 10.8 Å². The summed E-state index contributed by atoms with van der Waals surface area (Å²) in [7, 11) is 0. The zero-order valence-corrected chi connectivity index (χ0v) is 9.98. The van der Waals surface area contributed by atoms with E-state index in [1.54, 1.807) is 0 Å². The first-order chi connectivity index (χ1) is 8.58. The molecule has 1 aromatic carbocycles. The van der Waals surface area contributed by atoms with E-state index in [2.05, 4.69) is 5.32 Å². The van der Waals surface area contributed by atoms with Crippen molar-refractivity contribution >= 4 is 11.9 Å². The molecule has 1 fully saturated rings. The fraction of sp³-hybridized carbons (Fsp3) is 0.385. The van der Waals surface area contributed by atoms with Crippen LogP contribution in [0.15, 0.2) is 18.2 Å². The normalized spacial score (nSPS) is 15.1. The van der Waals surface area contributed by atoms with Gasteiger partial charge in [-0.05, 0) is 36.6 Å². The zero-order valence-electron chi connectivity index (χ0n) is 9.98. The van der Waals surface area contributed by atoms with E-state index in [1.165, 1.54) is 24.6 Å². The Morgan fingerprint density at radius 1 is 1.39 bits per heavy atom. The lowest BCUT2D eigenvalue weighted by molar-refractivity contribution is 0.0696. The third-order valence-electron chi connectivity index (χ3n) is 3.30. The molecule has 0 heterocycles. The molecule has 0 aromatic heterocycles. The van der Waals surface area contributed by atoms with Gasteiger partial charge in [-0.2, -0.15) is 0 Å². The summed E-state index contributed by atoms with van der Waals surface area (Å²) in [6.07, 6.45) is 3.48. The predicted octanol–water partition coefficient (Wildman–Crippen LogP) is 1.13. The number of carbonyl (C=O) groups excluding carboxylic acids is 1. The van der Waals surface area contributed by atoms with Gasteiger partial charge in [0.15, 0.2) is 0 Å². The largest absolute Gasteiger partial charge is 0.478 e. The minimum atomic E-state index is -1.00. The molecule has 18 heavy (non-hydrogen) atoms. The first kappa shape index (κ1) is 12.6. The highest BCUT2D eigenvalue weighted by atomic mass is 16.4. The molecule has 1 aliphatic carbocycles. The minimum Gasteiger partial charge on any atom is -0.478 e. The lowest BCUT2D eigenvalue weighted by atomic mass is 9.92. The minimum absolute atomic E-state index is 0.172. The van der Waals surface area contributed by atoms with E-state index in [1.807, 2.05) is 0 Å². The first-order valence-corrected chi connectivity index (χ1v) is 5.97. The molecule has 0 bridgehead atoms. The van der Waals surface area contributed by atoms with Gasteiger partial charge in [0.1, 0.15) is 0 Å². The van der Waals surface area contributed by atoms with Gasteiger partial charge in [0.25, 0.3) is 0 Å². The third kappa shape index (κ3) is 2.68. The van der Waals surface area contributed by atoms with Crippen LogP contribution in [-0.2, 0) is 6.54 Å². The number of aromatic carboxylic acids is 1. The molecule has 5 nitrogen and oxygen atoms in total. The molecule has 2 rings (SSSR count). The molecule has 1 aromatic rings. The summed E-state index contributed by atoms with van der Waals surface area (Å²) >= 11 is 0. The highest BCUT2D eigenvalue weighted by Crippen LogP contribution is 2.19. The van der Waals surface area contributed by atoms with Gasteiger partial charge in [-0.3, -0.25) is 4.79 Å². The molecular formula is C13H16N2O3. The molecule has 5 heteroatoms. The van der Waals surface area contributed by atoms with Crippen molar-refractivity contribution in [2.75, 3.05) is 0 Å². The summed E-state index contributed by atoms with van der Waals surface area (Å²) in [5, 5.41) is 12.2. The molecule has 0 spiro atoms. The fourth-order valence-corrected chi connectivity index (χ4v) is 1.98. The average Bonchev–Trinajstić information content (AvgIpc) is 2.26. The van der Waals surface area contributed by atoms with Gasteiger partial charge in [-0.1, -0.05) is 6.42 Å². The number of carbonyl (C=O) groups is 2. The van der Waals surface area contributed by atoms with Crippen LogP contribution in [0.1, 0.15) is 45.5 Å². The SMILES string of the molecule is NC(=O)c1ccc(C(=O)O)cc1CNC1CCC1. The number of benzene rings is 1. The lowest BCUT2D eigenvalue weighted by Gasteiger charge is -2.27. The van der Waals surface area contributed by atoms with Gasteiger partial charge in [0.05, 0.1) is 5.56 Å². The summed E-state index contributed by atoms with van der Waals surface area (Å²) in [4.78, 5) is 22.2. The fourth-order valence-electron chi connectivity index (χ4n) is 1.98. The van der Waals surface area contributed by atoms with Crippen molar-refractivity contribution in [3.63, 3.8) is 0 Å². The second kappa shape index (κ2) is 5.18. The Hall–Kier alpha value is -1.88. The second-order valence-electron chi connectivity index (χ2n) is 4.55. The molecule has 4 N–H and O–H groups in total. The van der Waals surface area contributed by atoms with Crippen LogP contribution in [0.25, 0.3) is 0 Å². The molecule has 96 valence electrons. The van der Waals surface area contributed by atoms with Gasteiger partial charge >= 0.3 is 5.97 Å². The number of nitrogens with one attached hydrogen (secondary N) is 1. The molecule has 0 atom stereocenters. The van der Waals surface area contributed by atoms with Crippen LogP contribution in [0.2, 0.25) is 0 Å². The smallest absolute Gasteiger partial charge is 0.335 e. The van der Waals surface area contributed by atoms with Crippen LogP contribution >= 0.6 is 0 Å². The predicted molar refractivity (Wildman–Crippen MR) is 66.4 cm³/mol. The molecule has 1 amide bonds. The van der Waals surface area contributed by atoms with Crippen LogP contribution in [0.3, 0.4) is 0 Å². The van der Waals surface area contributed by atoms with Crippen molar-refractivity contribution in [2.24, 2.45) is 5.73 Å². The van der Waals surface area contributed by atoms with Crippen molar-refractivity contribution in [1.29, 1.82) is 0 Å². The first-order valence-electron chi connectivity index (χ1n) is 5.97. The van der Waals surface area contributed by atoms with E-state index in [0.717, 1.165) is 12.8 Å². The quantitative estimate of drug-likeness (QED) is 0.728. The Bertz CT molecular complexity index is 481. The maximum atomic E-state index is 11.3. The monoisotopic (exact) mass is 248 g/mol. The van der Waals surface area contributed by atoms with Crippen molar-refractivity contribution in [3.05, 3.63) is 34.9 Å². The summed E-state index contributed by atoms with van der Waals surface area (Å²) < 4.78 is 0. The lowest BCUT2D eigenvalue weighted by Crippen LogP contribution is -2.35. The van der Waals surface area contributed by atoms with Crippen molar-refractivity contribution in [2.45, 2.75) is 31.8 Å². The highest BCUT2D eigenvalue weighted by Gasteiger charge is 2.18. The van der Waals surface area contributed by atoms with E-state index in [-0.39, 0.29) is 5.56 Å². The van der Waals surface area contributed by atoms with Crippen LogP contribution in [0.5, 0.6) is 0 Å². The summed E-state index contributed by atoms with van der Waals surface area (Å²) in [6.45, 7) is 0.476. The summed E-state index contributed by atoms with van der Waals surface area (Å²) in [6, 6.07) is 4.85. The summed E-state index contributed by atoms with van der Waals surface area (Å²) in [5.41, 5.74) is 6.48. The number of primary amides is 1. The zero-order chi connectivity index (χ0) is 13.1. The van der Waals surface area contributed by atoms with E-state index >= 15 is 0 Å². The van der Waals surface area contributed by atoms with Crippen LogP contribution < -0.4 is 11.1 Å². The van der Waals surface area contributed by atoms with Crippen LogP contribution in [-0.4, -0.2) is 23.0 Å². The van der Waals surface area contributed by atoms with Gasteiger partial charge in [0.2, 0.25) is 5.91 Å². The molecule has 1 saturated carbocycles. The van der Waals surface area contributed by atoms with Crippen LogP contribution in [0, 0.1) is 0 Å². The second-order valence-corrected chi connectivity index (χ2v) is 4.55. The molecule has 0 unspecified atom stereocenters. The number of amides is 1. The van der Waals surface area contributed by atoms with Gasteiger partial charge in [0, 0.05) is 18.2 Å². The number of carboxylic acid groups (broad SMARTS) is 1. The molecule has 0 radical (unpaired) electrons. The van der Waals surface area contributed by atoms with Crippen LogP contribution in [0.4, 0.5) is 0 Å². The average molecular weight is 248 g/mol. The maximum absolute atomic E-state index is 11.3. The topological polar surface area (TPSA) is 92.4 Å². The third-order valence-corrected chi connectivity index (χ3v) is 3.30. The van der Waals surface area contributed by atoms with Crippen molar-refractivity contribution in [1.82, 2.24) is 5.32 Å². The van der Waals surface area contributed by atoms with Crippen molar-refractivity contribution in [3.8, 4) is 0 Å². The summed E-state index contributed by atoms with van der Waals surface area (Å²) in [5.74, 6) is -1.53. The van der Waals surface area contributed by atoms with Gasteiger partial charge in [-0.25, -0.2) is 4.79 Å². The Morgan fingerprint density at radius 2 is 2.11 bits per heavy atom. The Labute approximate surface area is 105 Å². The number of rotatable bonds is 5. The standard InChI is InChI=1S/C13H16N2O3/c14-12(16)11-5-4-8(13(17)18)6-9(11)7-15-10-2-1-3-10/h4-6,10,15H,1-3,7H2,(H2,14,16)(H,17,18). The van der Waals surface area contributed by atoms with E-state index < -0.39 is 11.9 Å². The number of hydrogen-bond acceptors (Lipinski definition) is 3. The molecule has 0 saturated heterocycles. The van der Waals surface area contributed by atoms with Gasteiger partial charge < -0.3 is 16.2 Å². The molecule has 1 aliphatic rings. The van der Waals surface area contributed by atoms with Gasteiger partial charge in [-0.15, -0.1) is 0 Å². The van der Waals surface area contributed by atoms with Crippen molar-refractivity contribution < 1.29 is 14.7 Å². The highest BCUT2D eigenvalue weighted by molar-refractivity contribution is 5.96. The Balaban J connectivity index is 2.19. The molecular weight excluding hydrogens is 232 g/mol. The molecule has 0 aliphatic heterocycles. The Morgan fingerprint density at radius 3 is 2.61 bits per heavy atom. The van der Waals surface area contributed by atoms with E-state index in [0.29, 0.717) is 23.7 Å². The number of hydrogen-bond donors (Lipinski definition) is 3. The number of carboxylic acids is 1. The number of nitrogens with two attached hydrogens (primary N) is 1. The Kier molecular flexibility index (Phi) is 3.62. The maximum Gasteiger partial charge on any atom is 0.335 e.